The van der Waals surface area contributed by atoms with Crippen molar-refractivity contribution in [2.45, 2.75) is 27.2 Å². The number of nitrogens with zero attached hydrogens (tertiary/aromatic N) is 3. The molecular formula is C15H28N4O. The van der Waals surface area contributed by atoms with Gasteiger partial charge in [-0.25, -0.2) is 0 Å². The first-order valence-corrected chi connectivity index (χ1v) is 7.44. The molecule has 0 bridgehead atoms. The molecule has 5 nitrogen and oxygen atoms in total. The first kappa shape index (κ1) is 16.6. The molecule has 0 aliphatic rings. The lowest BCUT2D eigenvalue weighted by atomic mass is 10.3. The van der Waals surface area contributed by atoms with Gasteiger partial charge in [0.2, 0.25) is 5.88 Å². The zero-order valence-electron chi connectivity index (χ0n) is 13.2. The van der Waals surface area contributed by atoms with Crippen molar-refractivity contribution in [3.63, 3.8) is 0 Å². The van der Waals surface area contributed by atoms with Gasteiger partial charge in [0.1, 0.15) is 5.82 Å². The molecule has 0 atom stereocenters. The molecule has 0 unspecified atom stereocenters. The Balaban J connectivity index is 2.62. The van der Waals surface area contributed by atoms with Gasteiger partial charge >= 0.3 is 0 Å². The molecule has 1 rings (SSSR count). The average molecular weight is 280 g/mol. The molecule has 2 N–H and O–H groups in total. The maximum Gasteiger partial charge on any atom is 0.238 e. The van der Waals surface area contributed by atoms with Gasteiger partial charge in [-0.2, -0.15) is 4.98 Å². The van der Waals surface area contributed by atoms with Crippen molar-refractivity contribution in [2.75, 3.05) is 50.5 Å². The number of hydrogen-bond acceptors (Lipinski definition) is 5. The summed E-state index contributed by atoms with van der Waals surface area (Å²) in [4.78, 5) is 9.16. The van der Waals surface area contributed by atoms with E-state index in [0.717, 1.165) is 45.0 Å². The molecule has 0 fully saturated rings. The largest absolute Gasteiger partial charge is 0.479 e. The van der Waals surface area contributed by atoms with Gasteiger partial charge in [-0.1, -0.05) is 13.8 Å². The lowest BCUT2D eigenvalue weighted by Gasteiger charge is -2.24. The first-order chi connectivity index (χ1) is 9.65. The van der Waals surface area contributed by atoms with E-state index >= 15 is 0 Å². The van der Waals surface area contributed by atoms with Crippen LogP contribution in [0.4, 0.5) is 11.5 Å². The second-order valence-electron chi connectivity index (χ2n) is 4.73. The molecule has 1 heterocycles. The predicted molar refractivity (Wildman–Crippen MR) is 85.5 cm³/mol. The van der Waals surface area contributed by atoms with Crippen LogP contribution in [0.1, 0.15) is 27.2 Å². The first-order valence-electron chi connectivity index (χ1n) is 7.44. The molecule has 1 aromatic heterocycles. The number of nitrogens with two attached hydrogens (primary N) is 1. The number of ether oxygens (including phenoxy) is 1. The Morgan fingerprint density at radius 2 is 1.80 bits per heavy atom. The van der Waals surface area contributed by atoms with Crippen LogP contribution in [-0.4, -0.2) is 49.7 Å². The predicted octanol–water partition coefficient (Wildman–Crippen LogP) is 2.23. The van der Waals surface area contributed by atoms with E-state index in [0.29, 0.717) is 11.6 Å². The summed E-state index contributed by atoms with van der Waals surface area (Å²) in [5.74, 6) is 1.43. The third-order valence-electron chi connectivity index (χ3n) is 3.57. The highest BCUT2D eigenvalue weighted by molar-refractivity contribution is 5.54. The van der Waals surface area contributed by atoms with Crippen LogP contribution in [0.15, 0.2) is 12.1 Å². The van der Waals surface area contributed by atoms with E-state index in [1.807, 2.05) is 12.1 Å². The molecule has 0 amide bonds. The molecule has 5 heteroatoms. The van der Waals surface area contributed by atoms with E-state index in [4.69, 9.17) is 10.5 Å². The Morgan fingerprint density at radius 1 is 1.10 bits per heavy atom. The van der Waals surface area contributed by atoms with Crippen molar-refractivity contribution in [1.82, 2.24) is 9.88 Å². The van der Waals surface area contributed by atoms with Crippen LogP contribution in [0.5, 0.6) is 5.88 Å². The van der Waals surface area contributed by atoms with Gasteiger partial charge in [0.05, 0.1) is 12.8 Å². The number of methoxy groups -OCH3 is 1. The van der Waals surface area contributed by atoms with Gasteiger partial charge in [0, 0.05) is 13.1 Å². The minimum absolute atomic E-state index is 0.504. The number of pyridine rings is 1. The highest BCUT2D eigenvalue weighted by atomic mass is 16.5. The smallest absolute Gasteiger partial charge is 0.238 e. The summed E-state index contributed by atoms with van der Waals surface area (Å²) in [7, 11) is 1.60. The summed E-state index contributed by atoms with van der Waals surface area (Å²) in [6.07, 6.45) is 1.13. The van der Waals surface area contributed by atoms with E-state index < -0.39 is 0 Å². The SMILES string of the molecule is CCN(CC)CCCN(CC)c1ccc(N)c(OC)n1. The Kier molecular flexibility index (Phi) is 7.15. The number of anilines is 2. The highest BCUT2D eigenvalue weighted by Crippen LogP contribution is 2.22. The maximum absolute atomic E-state index is 5.80. The molecular weight excluding hydrogens is 252 g/mol. The summed E-state index contributed by atoms with van der Waals surface area (Å²) in [6.45, 7) is 11.8. The van der Waals surface area contributed by atoms with Crippen LogP contribution in [0.25, 0.3) is 0 Å². The fourth-order valence-electron chi connectivity index (χ4n) is 2.24. The van der Waals surface area contributed by atoms with Crippen LogP contribution < -0.4 is 15.4 Å². The monoisotopic (exact) mass is 280 g/mol. The summed E-state index contributed by atoms with van der Waals surface area (Å²) < 4.78 is 5.19. The summed E-state index contributed by atoms with van der Waals surface area (Å²) in [5.41, 5.74) is 6.38. The second kappa shape index (κ2) is 8.64. The van der Waals surface area contributed by atoms with Crippen LogP contribution in [0, 0.1) is 0 Å². The maximum atomic E-state index is 5.80. The third kappa shape index (κ3) is 4.56. The minimum Gasteiger partial charge on any atom is -0.479 e. The fraction of sp³-hybridized carbons (Fsp3) is 0.667. The number of rotatable bonds is 9. The topological polar surface area (TPSA) is 54.6 Å². The van der Waals surface area contributed by atoms with Crippen molar-refractivity contribution in [2.24, 2.45) is 0 Å². The van der Waals surface area contributed by atoms with Crippen molar-refractivity contribution >= 4 is 11.5 Å². The molecule has 0 spiro atoms. The molecule has 0 saturated heterocycles. The lowest BCUT2D eigenvalue weighted by molar-refractivity contribution is 0.300. The summed E-state index contributed by atoms with van der Waals surface area (Å²) in [6, 6.07) is 3.81. The lowest BCUT2D eigenvalue weighted by Crippen LogP contribution is -2.30. The number of aromatic nitrogens is 1. The van der Waals surface area contributed by atoms with Crippen molar-refractivity contribution < 1.29 is 4.74 Å². The van der Waals surface area contributed by atoms with Crippen molar-refractivity contribution in [3.05, 3.63) is 12.1 Å². The van der Waals surface area contributed by atoms with Crippen molar-refractivity contribution in [1.29, 1.82) is 0 Å². The van der Waals surface area contributed by atoms with Crippen molar-refractivity contribution in [3.8, 4) is 5.88 Å². The van der Waals surface area contributed by atoms with E-state index in [1.54, 1.807) is 7.11 Å². The quantitative estimate of drug-likeness (QED) is 0.752. The van der Waals surface area contributed by atoms with Gasteiger partial charge in [-0.15, -0.1) is 0 Å². The van der Waals surface area contributed by atoms with Crippen LogP contribution in [0.2, 0.25) is 0 Å². The van der Waals surface area contributed by atoms with Crippen LogP contribution >= 0.6 is 0 Å². The fourth-order valence-corrected chi connectivity index (χ4v) is 2.24. The van der Waals surface area contributed by atoms with Gasteiger partial charge in [-0.3, -0.25) is 0 Å². The Morgan fingerprint density at radius 3 is 2.35 bits per heavy atom. The molecule has 0 radical (unpaired) electrons. The molecule has 0 aliphatic heterocycles. The zero-order valence-corrected chi connectivity index (χ0v) is 13.2. The van der Waals surface area contributed by atoms with Gasteiger partial charge < -0.3 is 20.3 Å². The molecule has 20 heavy (non-hydrogen) atoms. The number of hydrogen-bond donors (Lipinski definition) is 1. The average Bonchev–Trinajstić information content (AvgIpc) is 2.48. The molecule has 114 valence electrons. The van der Waals surface area contributed by atoms with Crippen LogP contribution in [0.3, 0.4) is 0 Å². The summed E-state index contributed by atoms with van der Waals surface area (Å²) >= 11 is 0. The molecule has 0 saturated carbocycles. The Bertz CT molecular complexity index is 393. The van der Waals surface area contributed by atoms with E-state index in [9.17, 15) is 0 Å². The zero-order chi connectivity index (χ0) is 15.0. The van der Waals surface area contributed by atoms with Gasteiger partial charge in [0.15, 0.2) is 0 Å². The van der Waals surface area contributed by atoms with Gasteiger partial charge in [-0.05, 0) is 45.1 Å². The number of nitrogen functional groups attached to an aromatic ring is 1. The molecule has 0 aliphatic carbocycles. The standard InChI is InChI=1S/C15H28N4O/c1-5-18(6-2)11-8-12-19(7-3)14-10-9-13(16)15(17-14)20-4/h9-10H,5-8,11-12,16H2,1-4H3. The van der Waals surface area contributed by atoms with Crippen LogP contribution in [-0.2, 0) is 0 Å². The van der Waals surface area contributed by atoms with E-state index in [-0.39, 0.29) is 0 Å². The molecule has 1 aromatic rings. The third-order valence-corrected chi connectivity index (χ3v) is 3.57. The van der Waals surface area contributed by atoms with Gasteiger partial charge in [0.25, 0.3) is 0 Å². The van der Waals surface area contributed by atoms with E-state index in [1.165, 1.54) is 0 Å². The molecule has 0 aromatic carbocycles. The van der Waals surface area contributed by atoms with E-state index in [2.05, 4.69) is 35.6 Å². The normalized spacial score (nSPS) is 10.8. The Hall–Kier alpha value is -1.49. The Labute approximate surface area is 122 Å². The minimum atomic E-state index is 0.504. The highest BCUT2D eigenvalue weighted by Gasteiger charge is 2.09. The summed E-state index contributed by atoms with van der Waals surface area (Å²) in [5, 5.41) is 0. The second-order valence-corrected chi connectivity index (χ2v) is 4.73.